The van der Waals surface area contributed by atoms with Crippen molar-refractivity contribution in [2.75, 3.05) is 6.54 Å². The fraction of sp³-hybridized carbons (Fsp3) is 0.333. The first-order chi connectivity index (χ1) is 6.08. The average molecular weight is 188 g/mol. The maximum atomic E-state index is 9.86. The molecule has 10 nitrogen and oxygen atoms in total. The molecule has 1 rings (SSSR count). The molecule has 0 aromatic carbocycles. The second-order valence-corrected chi connectivity index (χ2v) is 1.95. The molecule has 13 heavy (non-hydrogen) atoms. The fourth-order valence-corrected chi connectivity index (χ4v) is 0.693. The van der Waals surface area contributed by atoms with E-state index in [1.54, 1.807) is 0 Å². The van der Waals surface area contributed by atoms with Gasteiger partial charge in [0.05, 0.1) is 11.6 Å². The van der Waals surface area contributed by atoms with Crippen LogP contribution in [0.4, 0.5) is 0 Å². The van der Waals surface area contributed by atoms with Crippen LogP contribution in [0.15, 0.2) is 10.2 Å². The van der Waals surface area contributed by atoms with Crippen LogP contribution < -0.4 is 10.6 Å². The summed E-state index contributed by atoms with van der Waals surface area (Å²) in [5, 5.41) is 28.3. The van der Waals surface area contributed by atoms with E-state index in [2.05, 4.69) is 20.8 Å². The third-order valence-corrected chi connectivity index (χ3v) is 1.07. The standard InChI is InChI=1S/C3H4N6O4/c10-8(11)6-2-1-4-3(5-2)7-9(12)13/h1H2,(H2,4,5,6,7). The summed E-state index contributed by atoms with van der Waals surface area (Å²) < 4.78 is 0. The van der Waals surface area contributed by atoms with Crippen LogP contribution in [0.2, 0.25) is 0 Å². The zero-order chi connectivity index (χ0) is 9.84. The first kappa shape index (κ1) is 8.83. The molecule has 0 spiro atoms. The first-order valence-electron chi connectivity index (χ1n) is 3.03. The molecule has 0 aromatic rings. The van der Waals surface area contributed by atoms with Gasteiger partial charge in [-0.25, -0.2) is 20.2 Å². The summed E-state index contributed by atoms with van der Waals surface area (Å²) in [5.74, 6) is -0.184. The summed E-state index contributed by atoms with van der Waals surface area (Å²) in [4.78, 5) is 19.7. The van der Waals surface area contributed by atoms with Crippen molar-refractivity contribution in [1.82, 2.24) is 10.6 Å². The van der Waals surface area contributed by atoms with E-state index in [1.165, 1.54) is 0 Å². The Bertz CT molecular complexity index is 277. The maximum absolute atomic E-state index is 9.86. The number of hydrogen-bond donors (Lipinski definition) is 2. The van der Waals surface area contributed by atoms with Crippen molar-refractivity contribution in [1.29, 1.82) is 0 Å². The molecule has 1 saturated heterocycles. The summed E-state index contributed by atoms with van der Waals surface area (Å²) in [6.07, 6.45) is 0. The minimum Gasteiger partial charge on any atom is -0.343 e. The lowest BCUT2D eigenvalue weighted by molar-refractivity contribution is -0.485. The van der Waals surface area contributed by atoms with Crippen LogP contribution >= 0.6 is 0 Å². The highest BCUT2D eigenvalue weighted by Crippen LogP contribution is 1.85. The monoisotopic (exact) mass is 188 g/mol. The molecule has 0 saturated carbocycles. The quantitative estimate of drug-likeness (QED) is 0.392. The Hall–Kier alpha value is -2.26. The van der Waals surface area contributed by atoms with Crippen molar-refractivity contribution in [3.63, 3.8) is 0 Å². The van der Waals surface area contributed by atoms with Crippen molar-refractivity contribution in [2.45, 2.75) is 0 Å². The minimum absolute atomic E-state index is 0.0215. The van der Waals surface area contributed by atoms with Crippen molar-refractivity contribution in [3.8, 4) is 0 Å². The normalized spacial score (nSPS) is 21.2. The second kappa shape index (κ2) is 3.42. The highest BCUT2D eigenvalue weighted by Gasteiger charge is 2.19. The van der Waals surface area contributed by atoms with Gasteiger partial charge in [0.2, 0.25) is 5.84 Å². The molecule has 2 N–H and O–H groups in total. The number of guanidine groups is 1. The molecule has 1 aliphatic heterocycles. The Balaban J connectivity index is 2.64. The smallest absolute Gasteiger partial charge is 0.274 e. The van der Waals surface area contributed by atoms with Crippen LogP contribution in [-0.2, 0) is 0 Å². The van der Waals surface area contributed by atoms with Crippen molar-refractivity contribution < 1.29 is 10.1 Å². The zero-order valence-electron chi connectivity index (χ0n) is 6.13. The number of rotatable bonds is 2. The van der Waals surface area contributed by atoms with E-state index in [1.807, 2.05) is 0 Å². The van der Waals surface area contributed by atoms with E-state index in [0.29, 0.717) is 0 Å². The Morgan fingerprint density at radius 2 is 1.85 bits per heavy atom. The lowest BCUT2D eigenvalue weighted by Crippen LogP contribution is -2.26. The van der Waals surface area contributed by atoms with E-state index in [4.69, 9.17) is 0 Å². The average Bonchev–Trinajstić information content (AvgIpc) is 2.33. The van der Waals surface area contributed by atoms with Gasteiger partial charge in [0.25, 0.3) is 5.96 Å². The van der Waals surface area contributed by atoms with Crippen LogP contribution in [0.25, 0.3) is 0 Å². The molecule has 1 heterocycles. The van der Waals surface area contributed by atoms with Gasteiger partial charge in [-0.2, -0.15) is 0 Å². The van der Waals surface area contributed by atoms with Crippen molar-refractivity contribution in [2.24, 2.45) is 10.2 Å². The van der Waals surface area contributed by atoms with Crippen molar-refractivity contribution >= 4 is 11.8 Å². The number of amidine groups is 1. The van der Waals surface area contributed by atoms with E-state index < -0.39 is 10.1 Å². The summed E-state index contributed by atoms with van der Waals surface area (Å²) in [6, 6.07) is 0. The van der Waals surface area contributed by atoms with Gasteiger partial charge in [-0.15, -0.1) is 0 Å². The maximum Gasteiger partial charge on any atom is 0.274 e. The third kappa shape index (κ3) is 2.69. The fourth-order valence-electron chi connectivity index (χ4n) is 0.693. The Labute approximate surface area is 70.6 Å². The van der Waals surface area contributed by atoms with Gasteiger partial charge >= 0.3 is 0 Å². The summed E-state index contributed by atoms with van der Waals surface area (Å²) in [7, 11) is 0. The van der Waals surface area contributed by atoms with Gasteiger partial charge in [0.15, 0.2) is 10.1 Å². The SMILES string of the molecule is O=[N+]([O-])N=C1CNC(=N[N+](=O)[O-])N1. The molecule has 1 aliphatic rings. The predicted molar refractivity (Wildman–Crippen MR) is 40.0 cm³/mol. The molecular formula is C3H4N6O4. The van der Waals surface area contributed by atoms with E-state index in [9.17, 15) is 20.2 Å². The zero-order valence-corrected chi connectivity index (χ0v) is 6.13. The van der Waals surface area contributed by atoms with Gasteiger partial charge in [-0.3, -0.25) is 0 Å². The third-order valence-electron chi connectivity index (χ3n) is 1.07. The predicted octanol–water partition coefficient (Wildman–Crippen LogP) is -1.68. The summed E-state index contributed by atoms with van der Waals surface area (Å²) in [5.41, 5.74) is 0. The van der Waals surface area contributed by atoms with Gasteiger partial charge < -0.3 is 10.6 Å². The summed E-state index contributed by atoms with van der Waals surface area (Å²) >= 11 is 0. The molecule has 0 aromatic heterocycles. The molecule has 0 radical (unpaired) electrons. The first-order valence-corrected chi connectivity index (χ1v) is 3.03. The van der Waals surface area contributed by atoms with E-state index in [-0.39, 0.29) is 18.3 Å². The Morgan fingerprint density at radius 3 is 2.38 bits per heavy atom. The number of nitrogens with one attached hydrogen (secondary N) is 2. The lowest BCUT2D eigenvalue weighted by atomic mass is 10.6. The Kier molecular flexibility index (Phi) is 2.33. The molecule has 70 valence electrons. The molecule has 10 heteroatoms. The highest BCUT2D eigenvalue weighted by molar-refractivity contribution is 6.06. The lowest BCUT2D eigenvalue weighted by Gasteiger charge is -1.87. The second-order valence-electron chi connectivity index (χ2n) is 1.95. The molecule has 0 bridgehead atoms. The van der Waals surface area contributed by atoms with Crippen LogP contribution in [0.3, 0.4) is 0 Å². The van der Waals surface area contributed by atoms with E-state index >= 15 is 0 Å². The summed E-state index contributed by atoms with van der Waals surface area (Å²) in [6.45, 7) is 0.0215. The van der Waals surface area contributed by atoms with Crippen molar-refractivity contribution in [3.05, 3.63) is 20.2 Å². The number of hydrazone groups is 2. The molecule has 0 aliphatic carbocycles. The van der Waals surface area contributed by atoms with Gasteiger partial charge in [0, 0.05) is 0 Å². The Morgan fingerprint density at radius 1 is 1.23 bits per heavy atom. The molecule has 0 amide bonds. The van der Waals surface area contributed by atoms with Crippen LogP contribution in [0.5, 0.6) is 0 Å². The number of hydrogen-bond acceptors (Lipinski definition) is 4. The highest BCUT2D eigenvalue weighted by atomic mass is 16.7. The molecular weight excluding hydrogens is 184 g/mol. The van der Waals surface area contributed by atoms with Gasteiger partial charge in [-0.05, 0) is 0 Å². The number of nitrogens with zero attached hydrogens (tertiary/aromatic N) is 4. The van der Waals surface area contributed by atoms with E-state index in [0.717, 1.165) is 0 Å². The molecule has 0 atom stereocenters. The molecule has 1 fully saturated rings. The van der Waals surface area contributed by atoms with Crippen LogP contribution in [0.1, 0.15) is 0 Å². The molecule has 0 unspecified atom stereocenters. The van der Waals surface area contributed by atoms with Gasteiger partial charge in [0.1, 0.15) is 5.10 Å². The van der Waals surface area contributed by atoms with Crippen LogP contribution in [-0.4, -0.2) is 28.4 Å². The minimum atomic E-state index is -0.926. The number of nitro groups is 2. The largest absolute Gasteiger partial charge is 0.343 e. The van der Waals surface area contributed by atoms with Gasteiger partial charge in [-0.1, -0.05) is 0 Å². The topological polar surface area (TPSA) is 135 Å². The van der Waals surface area contributed by atoms with Crippen LogP contribution in [0, 0.1) is 20.2 Å².